The zero-order valence-corrected chi connectivity index (χ0v) is 14.4. The van der Waals surface area contributed by atoms with E-state index in [0.29, 0.717) is 21.5 Å². The van der Waals surface area contributed by atoms with E-state index >= 15 is 0 Å². The Bertz CT molecular complexity index is 692. The third kappa shape index (κ3) is 5.13. The lowest BCUT2D eigenvalue weighted by molar-refractivity contribution is -0.115. The van der Waals surface area contributed by atoms with Gasteiger partial charge in [0.25, 0.3) is 0 Å². The zero-order valence-electron chi connectivity index (χ0n) is 12.9. The van der Waals surface area contributed by atoms with Gasteiger partial charge in [-0.3, -0.25) is 4.79 Å². The topological polar surface area (TPSA) is 50.4 Å². The van der Waals surface area contributed by atoms with Crippen molar-refractivity contribution in [2.45, 2.75) is 13.0 Å². The van der Waals surface area contributed by atoms with Crippen LogP contribution < -0.4 is 15.4 Å². The highest BCUT2D eigenvalue weighted by molar-refractivity contribution is 6.35. The smallest absolute Gasteiger partial charge is 0.238 e. The molecule has 0 bridgehead atoms. The summed E-state index contributed by atoms with van der Waals surface area (Å²) in [7, 11) is 1.58. The fraction of sp³-hybridized carbons (Fsp3) is 0.235. The first-order chi connectivity index (χ1) is 11.0. The minimum atomic E-state index is -0.143. The molecular weight excluding hydrogens is 335 g/mol. The minimum Gasteiger partial charge on any atom is -0.497 e. The van der Waals surface area contributed by atoms with Crippen molar-refractivity contribution in [3.05, 3.63) is 58.1 Å². The van der Waals surface area contributed by atoms with E-state index in [0.717, 1.165) is 5.56 Å². The molecule has 0 aliphatic carbocycles. The Morgan fingerprint density at radius 2 is 2.00 bits per heavy atom. The predicted octanol–water partition coefficient (Wildman–Crippen LogP) is 4.29. The molecule has 1 atom stereocenters. The van der Waals surface area contributed by atoms with Crippen LogP contribution in [0.4, 0.5) is 5.69 Å². The number of hydrogen-bond donors (Lipinski definition) is 2. The second kappa shape index (κ2) is 8.20. The van der Waals surface area contributed by atoms with Gasteiger partial charge < -0.3 is 15.4 Å². The summed E-state index contributed by atoms with van der Waals surface area (Å²) in [6.45, 7) is 2.10. The third-order valence-electron chi connectivity index (χ3n) is 3.35. The van der Waals surface area contributed by atoms with Crippen LogP contribution in [0.2, 0.25) is 10.0 Å². The average Bonchev–Trinajstić information content (AvgIpc) is 2.53. The van der Waals surface area contributed by atoms with E-state index in [1.165, 1.54) is 0 Å². The van der Waals surface area contributed by atoms with Gasteiger partial charge in [-0.2, -0.15) is 0 Å². The Morgan fingerprint density at radius 1 is 1.22 bits per heavy atom. The van der Waals surface area contributed by atoms with Gasteiger partial charge in [0, 0.05) is 27.8 Å². The Labute approximate surface area is 145 Å². The first kappa shape index (κ1) is 17.6. The molecule has 2 aromatic rings. The molecule has 122 valence electrons. The van der Waals surface area contributed by atoms with Crippen molar-refractivity contribution in [3.63, 3.8) is 0 Å². The molecule has 2 aromatic carbocycles. The Morgan fingerprint density at radius 3 is 2.70 bits per heavy atom. The monoisotopic (exact) mass is 352 g/mol. The van der Waals surface area contributed by atoms with Gasteiger partial charge in [-0.05, 0) is 36.8 Å². The van der Waals surface area contributed by atoms with E-state index in [2.05, 4.69) is 10.6 Å². The SMILES string of the molecule is COc1cccc(NC(=O)CN[C@H](C)c2ccc(Cl)cc2Cl)c1. The lowest BCUT2D eigenvalue weighted by atomic mass is 10.1. The fourth-order valence-corrected chi connectivity index (χ4v) is 2.69. The molecule has 0 aromatic heterocycles. The third-order valence-corrected chi connectivity index (χ3v) is 3.91. The van der Waals surface area contributed by atoms with Crippen LogP contribution in [0.5, 0.6) is 5.75 Å². The van der Waals surface area contributed by atoms with Crippen molar-refractivity contribution in [1.29, 1.82) is 0 Å². The number of methoxy groups -OCH3 is 1. The molecule has 1 amide bonds. The van der Waals surface area contributed by atoms with Gasteiger partial charge in [-0.15, -0.1) is 0 Å². The van der Waals surface area contributed by atoms with E-state index in [1.54, 1.807) is 31.4 Å². The molecule has 4 nitrogen and oxygen atoms in total. The van der Waals surface area contributed by atoms with Crippen molar-refractivity contribution in [1.82, 2.24) is 5.32 Å². The standard InChI is InChI=1S/C17H18Cl2N2O2/c1-11(15-7-6-12(18)8-16(15)19)20-10-17(22)21-13-4-3-5-14(9-13)23-2/h3-9,11,20H,10H2,1-2H3,(H,21,22)/t11-/m1/s1. The summed E-state index contributed by atoms with van der Waals surface area (Å²) < 4.78 is 5.12. The predicted molar refractivity (Wildman–Crippen MR) is 94.5 cm³/mol. The van der Waals surface area contributed by atoms with Crippen LogP contribution in [0, 0.1) is 0 Å². The van der Waals surface area contributed by atoms with Gasteiger partial charge in [-0.25, -0.2) is 0 Å². The fourth-order valence-electron chi connectivity index (χ4n) is 2.11. The van der Waals surface area contributed by atoms with Crippen molar-refractivity contribution < 1.29 is 9.53 Å². The number of halogens is 2. The molecule has 0 unspecified atom stereocenters. The highest BCUT2D eigenvalue weighted by atomic mass is 35.5. The summed E-state index contributed by atoms with van der Waals surface area (Å²) in [5, 5.41) is 7.11. The molecule has 2 rings (SSSR count). The van der Waals surface area contributed by atoms with Crippen LogP contribution in [0.25, 0.3) is 0 Å². The molecule has 0 saturated heterocycles. The summed E-state index contributed by atoms with van der Waals surface area (Å²) in [6, 6.07) is 12.4. The number of ether oxygens (including phenoxy) is 1. The maximum atomic E-state index is 12.0. The maximum Gasteiger partial charge on any atom is 0.238 e. The van der Waals surface area contributed by atoms with E-state index in [1.807, 2.05) is 25.1 Å². The minimum absolute atomic E-state index is 0.0733. The first-order valence-corrected chi connectivity index (χ1v) is 7.87. The molecule has 0 saturated carbocycles. The van der Waals surface area contributed by atoms with Crippen LogP contribution in [0.1, 0.15) is 18.5 Å². The molecule has 0 radical (unpaired) electrons. The normalized spacial score (nSPS) is 11.8. The van der Waals surface area contributed by atoms with E-state index in [4.69, 9.17) is 27.9 Å². The molecule has 2 N–H and O–H groups in total. The maximum absolute atomic E-state index is 12.0. The highest BCUT2D eigenvalue weighted by Crippen LogP contribution is 2.26. The lowest BCUT2D eigenvalue weighted by Gasteiger charge is -2.16. The number of nitrogens with one attached hydrogen (secondary N) is 2. The van der Waals surface area contributed by atoms with Crippen LogP contribution in [0.15, 0.2) is 42.5 Å². The highest BCUT2D eigenvalue weighted by Gasteiger charge is 2.11. The van der Waals surface area contributed by atoms with E-state index in [-0.39, 0.29) is 18.5 Å². The molecule has 6 heteroatoms. The zero-order chi connectivity index (χ0) is 16.8. The molecule has 0 spiro atoms. The largest absolute Gasteiger partial charge is 0.497 e. The van der Waals surface area contributed by atoms with Gasteiger partial charge in [0.2, 0.25) is 5.91 Å². The van der Waals surface area contributed by atoms with Gasteiger partial charge >= 0.3 is 0 Å². The average molecular weight is 353 g/mol. The Kier molecular flexibility index (Phi) is 6.28. The number of amides is 1. The van der Waals surface area contributed by atoms with Crippen LogP contribution in [0.3, 0.4) is 0 Å². The number of hydrogen-bond acceptors (Lipinski definition) is 3. The quantitative estimate of drug-likeness (QED) is 0.815. The van der Waals surface area contributed by atoms with Gasteiger partial charge in [0.05, 0.1) is 13.7 Å². The van der Waals surface area contributed by atoms with E-state index in [9.17, 15) is 4.79 Å². The van der Waals surface area contributed by atoms with Crippen LogP contribution in [-0.4, -0.2) is 19.6 Å². The summed E-state index contributed by atoms with van der Waals surface area (Å²) >= 11 is 12.0. The van der Waals surface area contributed by atoms with Gasteiger partial charge in [-0.1, -0.05) is 35.3 Å². The second-order valence-corrected chi connectivity index (χ2v) is 5.89. The molecule has 0 heterocycles. The second-order valence-electron chi connectivity index (χ2n) is 5.05. The van der Waals surface area contributed by atoms with Crippen LogP contribution >= 0.6 is 23.2 Å². The van der Waals surface area contributed by atoms with Crippen molar-refractivity contribution in [2.24, 2.45) is 0 Å². The van der Waals surface area contributed by atoms with Crippen molar-refractivity contribution >= 4 is 34.8 Å². The molecule has 23 heavy (non-hydrogen) atoms. The lowest BCUT2D eigenvalue weighted by Crippen LogP contribution is -2.30. The van der Waals surface area contributed by atoms with E-state index < -0.39 is 0 Å². The number of carbonyl (C=O) groups is 1. The molecule has 0 fully saturated rings. The van der Waals surface area contributed by atoms with Gasteiger partial charge in [0.1, 0.15) is 5.75 Å². The Balaban J connectivity index is 1.90. The summed E-state index contributed by atoms with van der Waals surface area (Å²) in [6.07, 6.45) is 0. The van der Waals surface area contributed by atoms with Crippen LogP contribution in [-0.2, 0) is 4.79 Å². The number of benzene rings is 2. The molecule has 0 aliphatic heterocycles. The number of rotatable bonds is 6. The first-order valence-electron chi connectivity index (χ1n) is 7.12. The number of anilines is 1. The summed E-state index contributed by atoms with van der Waals surface area (Å²) in [4.78, 5) is 12.0. The Hall–Kier alpha value is -1.75. The molecule has 0 aliphatic rings. The van der Waals surface area contributed by atoms with Gasteiger partial charge in [0.15, 0.2) is 0 Å². The van der Waals surface area contributed by atoms with Crippen molar-refractivity contribution in [2.75, 3.05) is 19.0 Å². The summed E-state index contributed by atoms with van der Waals surface area (Å²) in [5.74, 6) is 0.548. The summed E-state index contributed by atoms with van der Waals surface area (Å²) in [5.41, 5.74) is 1.58. The van der Waals surface area contributed by atoms with Crippen molar-refractivity contribution in [3.8, 4) is 5.75 Å². The molecular formula is C17H18Cl2N2O2. The number of carbonyl (C=O) groups excluding carboxylic acids is 1.